The average molecular weight is 447 g/mol. The SMILES string of the molecule is COCCOC(=O)NC[C@@H]1CCN(c2nc(-c3ccccc3O)nc3ccc(F)cc23)C1.[HH].[HH].[HH]. The molecule has 1 aliphatic heterocycles. The van der Waals surface area contributed by atoms with Crippen molar-refractivity contribution in [3.63, 3.8) is 0 Å². The molecule has 3 aromatic rings. The lowest BCUT2D eigenvalue weighted by Gasteiger charge is -2.20. The van der Waals surface area contributed by atoms with Crippen molar-refractivity contribution >= 4 is 22.8 Å². The molecule has 1 aliphatic rings. The molecule has 1 fully saturated rings. The molecule has 0 aliphatic carbocycles. The first-order chi connectivity index (χ1) is 15.5. The third kappa shape index (κ3) is 4.88. The Kier molecular flexibility index (Phi) is 6.65. The summed E-state index contributed by atoms with van der Waals surface area (Å²) in [5.41, 5.74) is 1.11. The minimum Gasteiger partial charge on any atom is -0.507 e. The number of phenolic OH excluding ortho intramolecular Hbond substituents is 1. The number of methoxy groups -OCH3 is 1. The Morgan fingerprint density at radius 2 is 2.12 bits per heavy atom. The lowest BCUT2D eigenvalue weighted by molar-refractivity contribution is 0.0979. The van der Waals surface area contributed by atoms with Gasteiger partial charge in [-0.25, -0.2) is 19.2 Å². The summed E-state index contributed by atoms with van der Waals surface area (Å²) in [5, 5.41) is 13.6. The highest BCUT2D eigenvalue weighted by atomic mass is 19.1. The number of carbonyl (C=O) groups excluding carboxylic acids is 1. The van der Waals surface area contributed by atoms with Crippen molar-refractivity contribution in [2.45, 2.75) is 6.42 Å². The third-order valence-electron chi connectivity index (χ3n) is 5.42. The number of nitrogens with one attached hydrogen (secondary N) is 1. The standard InChI is InChI=1S/C23H25FN4O4.3H2/c1-31-10-11-32-23(30)25-13-15-8-9-28(14-15)22-18-12-16(24)6-7-19(18)26-21(27-22)17-4-2-3-5-20(17)29;;;/h2-7,12,15,29H,8-11,13-14H2,1H3,(H,25,30);3*1H/t15-;;;/m0.../s1. The number of aromatic nitrogens is 2. The lowest BCUT2D eigenvalue weighted by atomic mass is 10.1. The predicted molar refractivity (Wildman–Crippen MR) is 124 cm³/mol. The molecule has 32 heavy (non-hydrogen) atoms. The highest BCUT2D eigenvalue weighted by Gasteiger charge is 2.26. The Balaban J connectivity index is 0.00000204. The summed E-state index contributed by atoms with van der Waals surface area (Å²) in [4.78, 5) is 23.1. The highest BCUT2D eigenvalue weighted by molar-refractivity contribution is 5.91. The number of ether oxygens (including phenoxy) is 2. The maximum atomic E-state index is 14.0. The van der Waals surface area contributed by atoms with E-state index in [1.165, 1.54) is 12.1 Å². The van der Waals surface area contributed by atoms with Crippen LogP contribution in [0.5, 0.6) is 5.75 Å². The number of halogens is 1. The Hall–Kier alpha value is -3.46. The number of hydrogen-bond donors (Lipinski definition) is 2. The van der Waals surface area contributed by atoms with Crippen LogP contribution in [0.15, 0.2) is 42.5 Å². The van der Waals surface area contributed by atoms with Crippen LogP contribution in [0.25, 0.3) is 22.3 Å². The number of amides is 1. The zero-order valence-electron chi connectivity index (χ0n) is 17.8. The molecule has 0 bridgehead atoms. The molecule has 0 spiro atoms. The lowest BCUT2D eigenvalue weighted by Crippen LogP contribution is -2.32. The van der Waals surface area contributed by atoms with Gasteiger partial charge in [-0.15, -0.1) is 0 Å². The van der Waals surface area contributed by atoms with Gasteiger partial charge in [0, 0.05) is 36.4 Å². The van der Waals surface area contributed by atoms with Crippen molar-refractivity contribution in [2.75, 3.05) is 44.9 Å². The second kappa shape index (κ2) is 9.78. The van der Waals surface area contributed by atoms with Crippen LogP contribution in [0.4, 0.5) is 15.0 Å². The van der Waals surface area contributed by atoms with Gasteiger partial charge in [-0.3, -0.25) is 0 Å². The zero-order chi connectivity index (χ0) is 22.5. The third-order valence-corrected chi connectivity index (χ3v) is 5.42. The summed E-state index contributed by atoms with van der Waals surface area (Å²) >= 11 is 0. The van der Waals surface area contributed by atoms with Crippen LogP contribution < -0.4 is 10.2 Å². The minimum atomic E-state index is -0.475. The molecule has 0 unspecified atom stereocenters. The molecule has 1 amide bonds. The van der Waals surface area contributed by atoms with Crippen LogP contribution in [-0.4, -0.2) is 61.1 Å². The number of carbonyl (C=O) groups is 1. The van der Waals surface area contributed by atoms with Gasteiger partial charge >= 0.3 is 6.09 Å². The highest BCUT2D eigenvalue weighted by Crippen LogP contribution is 2.33. The molecule has 0 saturated carbocycles. The summed E-state index contributed by atoms with van der Waals surface area (Å²) in [7, 11) is 1.54. The van der Waals surface area contributed by atoms with Gasteiger partial charge in [0.25, 0.3) is 0 Å². The minimum absolute atomic E-state index is 0. The van der Waals surface area contributed by atoms with Gasteiger partial charge in [-0.1, -0.05) is 12.1 Å². The summed E-state index contributed by atoms with van der Waals surface area (Å²) in [6.45, 7) is 2.36. The largest absolute Gasteiger partial charge is 0.507 e. The van der Waals surface area contributed by atoms with Crippen LogP contribution in [0, 0.1) is 11.7 Å². The van der Waals surface area contributed by atoms with Crippen LogP contribution in [0.3, 0.4) is 0 Å². The Bertz CT molecular complexity index is 1130. The molecular formula is C23H31FN4O4. The van der Waals surface area contributed by atoms with E-state index in [1.54, 1.807) is 37.4 Å². The van der Waals surface area contributed by atoms with Crippen LogP contribution in [0.1, 0.15) is 10.7 Å². The van der Waals surface area contributed by atoms with Crippen molar-refractivity contribution in [1.82, 2.24) is 15.3 Å². The van der Waals surface area contributed by atoms with Crippen molar-refractivity contribution < 1.29 is 28.0 Å². The van der Waals surface area contributed by atoms with Gasteiger partial charge in [0.05, 0.1) is 17.7 Å². The second-order valence-corrected chi connectivity index (χ2v) is 7.66. The Morgan fingerprint density at radius 1 is 1.28 bits per heavy atom. The summed E-state index contributed by atoms with van der Waals surface area (Å²) in [6.07, 6.45) is 0.363. The molecule has 174 valence electrons. The number of hydrogen-bond acceptors (Lipinski definition) is 7. The predicted octanol–water partition coefficient (Wildman–Crippen LogP) is 4.08. The maximum absolute atomic E-state index is 14.0. The zero-order valence-corrected chi connectivity index (χ0v) is 17.8. The molecule has 8 nitrogen and oxygen atoms in total. The van der Waals surface area contributed by atoms with E-state index in [0.29, 0.717) is 54.3 Å². The maximum Gasteiger partial charge on any atom is 0.407 e. The van der Waals surface area contributed by atoms with Crippen molar-refractivity contribution in [2.24, 2.45) is 5.92 Å². The van der Waals surface area contributed by atoms with E-state index in [9.17, 15) is 14.3 Å². The number of fused-ring (bicyclic) bond motifs is 1. The van der Waals surface area contributed by atoms with E-state index in [1.807, 2.05) is 0 Å². The van der Waals surface area contributed by atoms with Gasteiger partial charge < -0.3 is 24.8 Å². The number of anilines is 1. The van der Waals surface area contributed by atoms with Gasteiger partial charge in [0.15, 0.2) is 5.82 Å². The Labute approximate surface area is 189 Å². The van der Waals surface area contributed by atoms with E-state index in [0.717, 1.165) is 6.42 Å². The second-order valence-electron chi connectivity index (χ2n) is 7.66. The van der Waals surface area contributed by atoms with E-state index in [2.05, 4.69) is 15.2 Å². The van der Waals surface area contributed by atoms with Crippen LogP contribution >= 0.6 is 0 Å². The molecule has 0 radical (unpaired) electrons. The number of benzene rings is 2. The van der Waals surface area contributed by atoms with Crippen molar-refractivity contribution in [1.29, 1.82) is 0 Å². The molecule has 1 aromatic heterocycles. The molecule has 2 heterocycles. The summed E-state index contributed by atoms with van der Waals surface area (Å²) in [5.74, 6) is 0.889. The molecule has 1 atom stereocenters. The van der Waals surface area contributed by atoms with Gasteiger partial charge in [0.2, 0.25) is 0 Å². The topological polar surface area (TPSA) is 96.8 Å². The Morgan fingerprint density at radius 3 is 2.94 bits per heavy atom. The van der Waals surface area contributed by atoms with Crippen molar-refractivity contribution in [3.8, 4) is 17.1 Å². The van der Waals surface area contributed by atoms with Gasteiger partial charge in [-0.05, 0) is 42.7 Å². The first kappa shape index (κ1) is 21.8. The number of alkyl carbamates (subject to hydrolysis) is 1. The number of phenols is 1. The van der Waals surface area contributed by atoms with E-state index < -0.39 is 6.09 Å². The van der Waals surface area contributed by atoms with E-state index >= 15 is 0 Å². The fourth-order valence-electron chi connectivity index (χ4n) is 3.80. The number of aromatic hydroxyl groups is 1. The van der Waals surface area contributed by atoms with Gasteiger partial charge in [0.1, 0.15) is 24.0 Å². The summed E-state index contributed by atoms with van der Waals surface area (Å²) < 4.78 is 23.9. The smallest absolute Gasteiger partial charge is 0.407 e. The number of rotatable bonds is 7. The molecule has 2 aromatic carbocycles. The van der Waals surface area contributed by atoms with E-state index in [4.69, 9.17) is 14.5 Å². The molecular weight excluding hydrogens is 415 g/mol. The van der Waals surface area contributed by atoms with Gasteiger partial charge in [-0.2, -0.15) is 0 Å². The van der Waals surface area contributed by atoms with Crippen LogP contribution in [0.2, 0.25) is 0 Å². The molecule has 1 saturated heterocycles. The van der Waals surface area contributed by atoms with Crippen LogP contribution in [-0.2, 0) is 9.47 Å². The summed E-state index contributed by atoms with van der Waals surface area (Å²) in [6, 6.07) is 11.3. The first-order valence-corrected chi connectivity index (χ1v) is 10.5. The fourth-order valence-corrected chi connectivity index (χ4v) is 3.80. The molecule has 4 rings (SSSR count). The monoisotopic (exact) mass is 446 g/mol. The molecule has 2 N–H and O–H groups in total. The number of para-hydroxylation sites is 1. The normalized spacial score (nSPS) is 15.8. The fraction of sp³-hybridized carbons (Fsp3) is 0.348. The first-order valence-electron chi connectivity index (χ1n) is 10.5. The molecule has 9 heteroatoms. The number of nitrogens with zero attached hydrogens (tertiary/aromatic N) is 3. The van der Waals surface area contributed by atoms with E-state index in [-0.39, 0.29) is 28.4 Å². The average Bonchev–Trinajstić information content (AvgIpc) is 3.26. The quantitative estimate of drug-likeness (QED) is 0.528. The van der Waals surface area contributed by atoms with Crippen molar-refractivity contribution in [3.05, 3.63) is 48.3 Å².